The number of nitrogens with one attached hydrogen (secondary N) is 1. The Kier molecular flexibility index (Phi) is 8.90. The van der Waals surface area contributed by atoms with Gasteiger partial charge in [0, 0.05) is 18.0 Å². The zero-order chi connectivity index (χ0) is 28.9. The van der Waals surface area contributed by atoms with Crippen LogP contribution in [0.5, 0.6) is 11.5 Å². The molecule has 3 aromatic rings. The van der Waals surface area contributed by atoms with Crippen LogP contribution in [-0.2, 0) is 11.2 Å². The van der Waals surface area contributed by atoms with Crippen LogP contribution in [0, 0.1) is 5.82 Å². The van der Waals surface area contributed by atoms with Crippen LogP contribution in [0.3, 0.4) is 0 Å². The quantitative estimate of drug-likeness (QED) is 0.295. The molecule has 2 amide bonds. The Morgan fingerprint density at radius 3 is 2.24 bits per heavy atom. The highest BCUT2D eigenvalue weighted by molar-refractivity contribution is 5.96. The van der Waals surface area contributed by atoms with Crippen molar-refractivity contribution in [2.45, 2.75) is 82.2 Å². The summed E-state index contributed by atoms with van der Waals surface area (Å²) in [5, 5.41) is 8.01. The molecule has 2 saturated carbocycles. The lowest BCUT2D eigenvalue weighted by atomic mass is 9.85. The topological polar surface area (TPSA) is 108 Å². The van der Waals surface area contributed by atoms with Gasteiger partial charge in [0.1, 0.15) is 17.3 Å². The molecule has 1 heterocycles. The number of methoxy groups -OCH3 is 2. The summed E-state index contributed by atoms with van der Waals surface area (Å²) in [6, 6.07) is 12.2. The number of amides is 2. The van der Waals surface area contributed by atoms with Gasteiger partial charge in [0.05, 0.1) is 31.5 Å². The highest BCUT2D eigenvalue weighted by atomic mass is 19.1. The fourth-order valence-corrected chi connectivity index (χ4v) is 6.17. The Hall–Kier alpha value is -3.88. The molecule has 3 N–H and O–H groups in total. The molecule has 0 saturated heterocycles. The van der Waals surface area contributed by atoms with E-state index < -0.39 is 5.91 Å². The van der Waals surface area contributed by atoms with E-state index in [2.05, 4.69) is 5.32 Å². The first kappa shape index (κ1) is 28.6. The number of nitrogens with two attached hydrogens (primary N) is 1. The van der Waals surface area contributed by atoms with E-state index in [-0.39, 0.29) is 41.8 Å². The summed E-state index contributed by atoms with van der Waals surface area (Å²) in [5.41, 5.74) is 9.14. The highest BCUT2D eigenvalue weighted by Gasteiger charge is 2.35. The maximum absolute atomic E-state index is 13.6. The fraction of sp³-hybridized carbons (Fsp3) is 0.469. The monoisotopic (exact) mass is 562 g/mol. The van der Waals surface area contributed by atoms with Gasteiger partial charge in [-0.05, 0) is 80.7 Å². The van der Waals surface area contributed by atoms with E-state index in [0.717, 1.165) is 50.5 Å². The van der Waals surface area contributed by atoms with E-state index in [4.69, 9.17) is 20.3 Å². The van der Waals surface area contributed by atoms with Crippen LogP contribution < -0.4 is 20.5 Å². The van der Waals surface area contributed by atoms with Gasteiger partial charge in [0.2, 0.25) is 5.91 Å². The van der Waals surface area contributed by atoms with Gasteiger partial charge in [-0.3, -0.25) is 14.3 Å². The van der Waals surface area contributed by atoms with Crippen molar-refractivity contribution in [3.05, 3.63) is 65.1 Å². The number of hydrogen-bond donors (Lipinski definition) is 2. The van der Waals surface area contributed by atoms with Crippen molar-refractivity contribution in [3.63, 3.8) is 0 Å². The third kappa shape index (κ3) is 6.24. The standard InChI is InChI=1S/C32H39FN4O4/c1-40-25-11-6-12-26(41-2)29(25)31-28(30(32(34)39)36-37(31)24-9-3-4-10-24)21(19-27(38)35-23-7-5-8-23)16-13-20-14-17-22(33)18-15-20/h6,11-12,14-15,17-18,21,23-24H,3-5,7-10,13,16,19H2,1-2H3,(H2,34,39)(H,35,38). The van der Waals surface area contributed by atoms with Crippen LogP contribution in [-0.4, -0.2) is 41.9 Å². The van der Waals surface area contributed by atoms with Gasteiger partial charge in [0.15, 0.2) is 5.69 Å². The van der Waals surface area contributed by atoms with Crippen molar-refractivity contribution >= 4 is 11.8 Å². The predicted molar refractivity (Wildman–Crippen MR) is 155 cm³/mol. The zero-order valence-electron chi connectivity index (χ0n) is 23.8. The third-order valence-electron chi connectivity index (χ3n) is 8.52. The maximum atomic E-state index is 13.6. The van der Waals surface area contributed by atoms with E-state index in [0.29, 0.717) is 41.2 Å². The summed E-state index contributed by atoms with van der Waals surface area (Å²) in [7, 11) is 3.20. The molecule has 1 unspecified atom stereocenters. The van der Waals surface area contributed by atoms with E-state index >= 15 is 0 Å². The van der Waals surface area contributed by atoms with E-state index in [1.807, 2.05) is 22.9 Å². The second kappa shape index (κ2) is 12.7. The third-order valence-corrected chi connectivity index (χ3v) is 8.52. The zero-order valence-corrected chi connectivity index (χ0v) is 23.8. The highest BCUT2D eigenvalue weighted by Crippen LogP contribution is 2.47. The van der Waals surface area contributed by atoms with E-state index in [9.17, 15) is 14.0 Å². The van der Waals surface area contributed by atoms with Crippen LogP contribution in [0.2, 0.25) is 0 Å². The first-order valence-electron chi connectivity index (χ1n) is 14.6. The molecule has 0 bridgehead atoms. The maximum Gasteiger partial charge on any atom is 0.269 e. The van der Waals surface area contributed by atoms with Gasteiger partial charge < -0.3 is 20.5 Å². The number of benzene rings is 2. The number of carbonyl (C=O) groups excluding carboxylic acids is 2. The van der Waals surface area contributed by atoms with Crippen LogP contribution in [0.25, 0.3) is 11.3 Å². The fourth-order valence-electron chi connectivity index (χ4n) is 6.17. The number of aromatic nitrogens is 2. The molecule has 1 atom stereocenters. The molecule has 5 rings (SSSR count). The normalized spacial score (nSPS) is 16.3. The summed E-state index contributed by atoms with van der Waals surface area (Å²) < 4.78 is 27.2. The molecule has 1 aromatic heterocycles. The minimum Gasteiger partial charge on any atom is -0.496 e. The number of carbonyl (C=O) groups is 2. The lowest BCUT2D eigenvalue weighted by Gasteiger charge is -2.28. The molecule has 41 heavy (non-hydrogen) atoms. The number of rotatable bonds is 12. The Balaban J connectivity index is 1.67. The van der Waals surface area contributed by atoms with Crippen LogP contribution >= 0.6 is 0 Å². The SMILES string of the molecule is COc1cccc(OC)c1-c1c(C(CCc2ccc(F)cc2)CC(=O)NC2CCC2)c(C(N)=O)nn1C1CCCC1. The van der Waals surface area contributed by atoms with E-state index in [1.54, 1.807) is 26.4 Å². The summed E-state index contributed by atoms with van der Waals surface area (Å²) in [4.78, 5) is 26.4. The number of hydrogen-bond acceptors (Lipinski definition) is 5. The molecule has 2 fully saturated rings. The Labute approximate surface area is 240 Å². The molecule has 2 aliphatic rings. The first-order valence-corrected chi connectivity index (χ1v) is 14.6. The van der Waals surface area contributed by atoms with Gasteiger partial charge in [0.25, 0.3) is 5.91 Å². The first-order chi connectivity index (χ1) is 19.9. The van der Waals surface area contributed by atoms with Crippen LogP contribution in [0.1, 0.15) is 91.4 Å². The van der Waals surface area contributed by atoms with E-state index in [1.165, 1.54) is 12.1 Å². The minimum atomic E-state index is -0.641. The molecule has 0 radical (unpaired) electrons. The lowest BCUT2D eigenvalue weighted by molar-refractivity contribution is -0.122. The second-order valence-electron chi connectivity index (χ2n) is 11.2. The van der Waals surface area contributed by atoms with Crippen molar-refractivity contribution in [2.75, 3.05) is 14.2 Å². The van der Waals surface area contributed by atoms with Crippen LogP contribution in [0.4, 0.5) is 4.39 Å². The number of halogens is 1. The molecule has 0 spiro atoms. The van der Waals surface area contributed by atoms with Crippen LogP contribution in [0.15, 0.2) is 42.5 Å². The average molecular weight is 563 g/mol. The minimum absolute atomic E-state index is 0.0687. The number of nitrogens with zero attached hydrogens (tertiary/aromatic N) is 2. The molecule has 218 valence electrons. The van der Waals surface area contributed by atoms with Crippen molar-refractivity contribution in [1.82, 2.24) is 15.1 Å². The molecule has 8 nitrogen and oxygen atoms in total. The summed E-state index contributed by atoms with van der Waals surface area (Å²) >= 11 is 0. The molecular weight excluding hydrogens is 523 g/mol. The predicted octanol–water partition coefficient (Wildman–Crippen LogP) is 5.70. The van der Waals surface area contributed by atoms with Gasteiger partial charge in [-0.2, -0.15) is 5.10 Å². The van der Waals surface area contributed by atoms with Gasteiger partial charge in [-0.25, -0.2) is 4.39 Å². The van der Waals surface area contributed by atoms with Gasteiger partial charge in [-0.1, -0.05) is 31.0 Å². The number of ether oxygens (including phenoxy) is 2. The van der Waals surface area contributed by atoms with Crippen molar-refractivity contribution in [1.29, 1.82) is 0 Å². The smallest absolute Gasteiger partial charge is 0.269 e. The van der Waals surface area contributed by atoms with Crippen molar-refractivity contribution in [2.24, 2.45) is 5.73 Å². The molecular formula is C32H39FN4O4. The average Bonchev–Trinajstić information content (AvgIpc) is 3.62. The summed E-state index contributed by atoms with van der Waals surface area (Å²) in [6.07, 6.45) is 8.30. The second-order valence-corrected chi connectivity index (χ2v) is 11.2. The Morgan fingerprint density at radius 2 is 1.68 bits per heavy atom. The van der Waals surface area contributed by atoms with Crippen molar-refractivity contribution in [3.8, 4) is 22.8 Å². The largest absolute Gasteiger partial charge is 0.496 e. The number of aryl methyl sites for hydroxylation is 1. The van der Waals surface area contributed by atoms with Gasteiger partial charge in [-0.15, -0.1) is 0 Å². The summed E-state index contributed by atoms with van der Waals surface area (Å²) in [5.74, 6) is -0.236. The Morgan fingerprint density at radius 1 is 1.02 bits per heavy atom. The lowest BCUT2D eigenvalue weighted by Crippen LogP contribution is -2.40. The van der Waals surface area contributed by atoms with Gasteiger partial charge >= 0.3 is 0 Å². The van der Waals surface area contributed by atoms with Crippen molar-refractivity contribution < 1.29 is 23.5 Å². The summed E-state index contributed by atoms with van der Waals surface area (Å²) in [6.45, 7) is 0. The Bertz CT molecular complexity index is 1350. The molecule has 2 aliphatic carbocycles. The number of primary amides is 1. The molecule has 2 aromatic carbocycles. The molecule has 0 aliphatic heterocycles. The molecule has 9 heteroatoms.